The molecule has 0 saturated heterocycles. The highest BCUT2D eigenvalue weighted by Crippen LogP contribution is 2.33. The number of benzene rings is 1. The SMILES string of the molecule is COc1ccc(S)cc1C(C)CC(=O)C(F)(F)F. The van der Waals surface area contributed by atoms with Gasteiger partial charge in [0.1, 0.15) is 5.75 Å². The van der Waals surface area contributed by atoms with E-state index in [4.69, 9.17) is 4.74 Å². The van der Waals surface area contributed by atoms with E-state index in [0.717, 1.165) is 0 Å². The maximum absolute atomic E-state index is 12.2. The van der Waals surface area contributed by atoms with Crippen LogP contribution in [-0.4, -0.2) is 19.1 Å². The van der Waals surface area contributed by atoms with Crippen molar-refractivity contribution in [1.82, 2.24) is 0 Å². The number of alkyl halides is 3. The van der Waals surface area contributed by atoms with Crippen molar-refractivity contribution in [2.75, 3.05) is 7.11 Å². The van der Waals surface area contributed by atoms with E-state index in [9.17, 15) is 18.0 Å². The summed E-state index contributed by atoms with van der Waals surface area (Å²) in [7, 11) is 1.43. The second kappa shape index (κ2) is 5.65. The number of ether oxygens (including phenoxy) is 1. The van der Waals surface area contributed by atoms with Gasteiger partial charge in [0.2, 0.25) is 5.78 Å². The van der Waals surface area contributed by atoms with Crippen molar-refractivity contribution in [3.8, 4) is 5.75 Å². The highest BCUT2D eigenvalue weighted by Gasteiger charge is 2.38. The molecule has 1 atom stereocenters. The molecule has 0 N–H and O–H groups in total. The Kier molecular flexibility index (Phi) is 4.67. The first-order chi connectivity index (χ1) is 8.25. The van der Waals surface area contributed by atoms with Crippen molar-refractivity contribution in [2.24, 2.45) is 0 Å². The van der Waals surface area contributed by atoms with Crippen molar-refractivity contribution in [2.45, 2.75) is 30.3 Å². The summed E-state index contributed by atoms with van der Waals surface area (Å²) in [6, 6.07) is 4.90. The molecule has 100 valence electrons. The number of hydrogen-bond donors (Lipinski definition) is 1. The lowest BCUT2D eigenvalue weighted by molar-refractivity contribution is -0.171. The summed E-state index contributed by atoms with van der Waals surface area (Å²) in [6.45, 7) is 1.55. The van der Waals surface area contributed by atoms with Crippen LogP contribution in [0.4, 0.5) is 13.2 Å². The van der Waals surface area contributed by atoms with E-state index in [1.165, 1.54) is 7.11 Å². The minimum Gasteiger partial charge on any atom is -0.496 e. The van der Waals surface area contributed by atoms with Crippen molar-refractivity contribution in [3.63, 3.8) is 0 Å². The van der Waals surface area contributed by atoms with Crippen LogP contribution in [0.3, 0.4) is 0 Å². The van der Waals surface area contributed by atoms with Crippen LogP contribution in [0, 0.1) is 0 Å². The summed E-state index contributed by atoms with van der Waals surface area (Å²) in [5, 5.41) is 0. The van der Waals surface area contributed by atoms with Crippen molar-refractivity contribution in [1.29, 1.82) is 0 Å². The van der Waals surface area contributed by atoms with Gasteiger partial charge in [-0.05, 0) is 29.7 Å². The summed E-state index contributed by atoms with van der Waals surface area (Å²) in [4.78, 5) is 11.6. The van der Waals surface area contributed by atoms with E-state index in [0.29, 0.717) is 16.2 Å². The molecule has 1 aromatic rings. The maximum Gasteiger partial charge on any atom is 0.449 e. The zero-order valence-corrected chi connectivity index (χ0v) is 10.8. The molecule has 6 heteroatoms. The van der Waals surface area contributed by atoms with Gasteiger partial charge < -0.3 is 4.74 Å². The quantitative estimate of drug-likeness (QED) is 0.852. The predicted octanol–water partition coefficient (Wildman–Crippen LogP) is 3.61. The van der Waals surface area contributed by atoms with Crippen LogP contribution in [0.1, 0.15) is 24.8 Å². The first-order valence-electron chi connectivity index (χ1n) is 5.22. The first-order valence-corrected chi connectivity index (χ1v) is 5.67. The monoisotopic (exact) mass is 278 g/mol. The van der Waals surface area contributed by atoms with Gasteiger partial charge >= 0.3 is 6.18 Å². The third-order valence-electron chi connectivity index (χ3n) is 2.55. The van der Waals surface area contributed by atoms with Gasteiger partial charge in [0, 0.05) is 11.3 Å². The lowest BCUT2D eigenvalue weighted by Crippen LogP contribution is -2.24. The third-order valence-corrected chi connectivity index (χ3v) is 2.83. The van der Waals surface area contributed by atoms with E-state index in [2.05, 4.69) is 12.6 Å². The number of ketones is 1. The smallest absolute Gasteiger partial charge is 0.449 e. The molecule has 0 bridgehead atoms. The van der Waals surface area contributed by atoms with Gasteiger partial charge in [-0.25, -0.2) is 0 Å². The summed E-state index contributed by atoms with van der Waals surface area (Å²) in [5.41, 5.74) is 0.544. The van der Waals surface area contributed by atoms with E-state index in [-0.39, 0.29) is 0 Å². The molecule has 1 rings (SSSR count). The fourth-order valence-electron chi connectivity index (χ4n) is 1.61. The normalized spacial score (nSPS) is 13.2. The summed E-state index contributed by atoms with van der Waals surface area (Å²) in [6.07, 6.45) is -5.39. The zero-order valence-electron chi connectivity index (χ0n) is 9.91. The molecule has 0 spiro atoms. The summed E-state index contributed by atoms with van der Waals surface area (Å²) in [5.74, 6) is -1.86. The van der Waals surface area contributed by atoms with Crippen LogP contribution in [0.25, 0.3) is 0 Å². The molecule has 0 amide bonds. The predicted molar refractivity (Wildman–Crippen MR) is 64.3 cm³/mol. The van der Waals surface area contributed by atoms with Gasteiger partial charge in [0.05, 0.1) is 7.11 Å². The molecular formula is C12H13F3O2S. The number of rotatable bonds is 4. The van der Waals surface area contributed by atoms with Crippen molar-refractivity contribution < 1.29 is 22.7 Å². The Balaban J connectivity index is 2.93. The number of carbonyl (C=O) groups excluding carboxylic acids is 1. The number of Topliss-reactive ketones (excluding diaryl/α,β-unsaturated/α-hetero) is 1. The maximum atomic E-state index is 12.2. The Bertz CT molecular complexity index is 443. The lowest BCUT2D eigenvalue weighted by Gasteiger charge is -2.16. The van der Waals surface area contributed by atoms with Crippen LogP contribution >= 0.6 is 12.6 Å². The van der Waals surface area contributed by atoms with E-state index in [1.54, 1.807) is 25.1 Å². The number of carbonyl (C=O) groups is 1. The van der Waals surface area contributed by atoms with Crippen LogP contribution in [0.2, 0.25) is 0 Å². The van der Waals surface area contributed by atoms with Gasteiger partial charge in [0.15, 0.2) is 0 Å². The second-order valence-corrected chi connectivity index (χ2v) is 4.47. The minimum atomic E-state index is -4.79. The standard InChI is InChI=1S/C12H13F3O2S/c1-7(5-11(16)12(13,14)15)9-6-8(18)3-4-10(9)17-2/h3-4,6-7,18H,5H2,1-2H3. The Morgan fingerprint density at radius 3 is 2.56 bits per heavy atom. The molecule has 1 unspecified atom stereocenters. The average molecular weight is 278 g/mol. The van der Waals surface area contributed by atoms with Crippen LogP contribution in [0.5, 0.6) is 5.75 Å². The van der Waals surface area contributed by atoms with E-state index >= 15 is 0 Å². The fourth-order valence-corrected chi connectivity index (χ4v) is 1.82. The van der Waals surface area contributed by atoms with Crippen LogP contribution < -0.4 is 4.74 Å². The molecule has 0 aliphatic heterocycles. The topological polar surface area (TPSA) is 26.3 Å². The van der Waals surface area contributed by atoms with E-state index in [1.807, 2.05) is 0 Å². The summed E-state index contributed by atoms with van der Waals surface area (Å²) < 4.78 is 41.6. The molecule has 1 aromatic carbocycles. The minimum absolute atomic E-state index is 0.454. The molecule has 0 radical (unpaired) electrons. The van der Waals surface area contributed by atoms with Crippen molar-refractivity contribution >= 4 is 18.4 Å². The average Bonchev–Trinajstić information content (AvgIpc) is 2.27. The molecule has 0 aliphatic carbocycles. The Labute approximate surface area is 109 Å². The van der Waals surface area contributed by atoms with Gasteiger partial charge in [-0.15, -0.1) is 12.6 Å². The van der Waals surface area contributed by atoms with Crippen molar-refractivity contribution in [3.05, 3.63) is 23.8 Å². The number of hydrogen-bond acceptors (Lipinski definition) is 3. The molecule has 0 saturated carbocycles. The van der Waals surface area contributed by atoms with Gasteiger partial charge in [-0.2, -0.15) is 13.2 Å². The molecule has 0 heterocycles. The number of thiol groups is 1. The Hall–Kier alpha value is -1.17. The number of halogens is 3. The highest BCUT2D eigenvalue weighted by molar-refractivity contribution is 7.80. The first kappa shape index (κ1) is 14.9. The van der Waals surface area contributed by atoms with Crippen LogP contribution in [-0.2, 0) is 4.79 Å². The largest absolute Gasteiger partial charge is 0.496 e. The lowest BCUT2D eigenvalue weighted by atomic mass is 9.94. The van der Waals surface area contributed by atoms with Gasteiger partial charge in [-0.1, -0.05) is 6.92 Å². The molecule has 2 nitrogen and oxygen atoms in total. The molecule has 0 fully saturated rings. The van der Waals surface area contributed by atoms with Crippen LogP contribution in [0.15, 0.2) is 23.1 Å². The third kappa shape index (κ3) is 3.66. The zero-order chi connectivity index (χ0) is 13.9. The Morgan fingerprint density at radius 2 is 2.06 bits per heavy atom. The van der Waals surface area contributed by atoms with Gasteiger partial charge in [0.25, 0.3) is 0 Å². The molecule has 0 aliphatic rings. The second-order valence-electron chi connectivity index (χ2n) is 3.95. The molecule has 18 heavy (non-hydrogen) atoms. The van der Waals surface area contributed by atoms with E-state index < -0.39 is 24.3 Å². The molecule has 0 aromatic heterocycles. The Morgan fingerprint density at radius 1 is 1.44 bits per heavy atom. The molecular weight excluding hydrogens is 265 g/mol. The number of methoxy groups -OCH3 is 1. The summed E-state index contributed by atoms with van der Waals surface area (Å²) >= 11 is 4.12. The van der Waals surface area contributed by atoms with Gasteiger partial charge in [-0.3, -0.25) is 4.79 Å². The highest BCUT2D eigenvalue weighted by atomic mass is 32.1. The fraction of sp³-hybridized carbons (Fsp3) is 0.417.